The minimum atomic E-state index is -0.420. The van der Waals surface area contributed by atoms with Gasteiger partial charge in [0.2, 0.25) is 5.91 Å². The molecule has 1 amide bonds. The molecule has 0 radical (unpaired) electrons. The highest BCUT2D eigenvalue weighted by atomic mass is 35.5. The molecule has 9 heteroatoms. The highest BCUT2D eigenvalue weighted by molar-refractivity contribution is 7.18. The fourth-order valence-corrected chi connectivity index (χ4v) is 5.75. The Morgan fingerprint density at radius 2 is 2.00 bits per heavy atom. The van der Waals surface area contributed by atoms with E-state index in [4.69, 9.17) is 11.6 Å². The second-order valence-electron chi connectivity index (χ2n) is 8.33. The lowest BCUT2D eigenvalue weighted by Crippen LogP contribution is -2.32. The van der Waals surface area contributed by atoms with E-state index in [9.17, 15) is 9.59 Å². The van der Waals surface area contributed by atoms with E-state index in [0.29, 0.717) is 5.02 Å². The van der Waals surface area contributed by atoms with Gasteiger partial charge < -0.3 is 9.88 Å². The number of nitrogens with one attached hydrogen (secondary N) is 1. The zero-order valence-corrected chi connectivity index (χ0v) is 19.8. The first kappa shape index (κ1) is 21.9. The Hall–Kier alpha value is -2.97. The van der Waals surface area contributed by atoms with Crippen molar-refractivity contribution in [3.8, 4) is 0 Å². The molecule has 5 rings (SSSR count). The zero-order valence-electron chi connectivity index (χ0n) is 18.3. The molecule has 3 aromatic heterocycles. The number of thiophene rings is 1. The van der Waals surface area contributed by atoms with Crippen LogP contribution < -0.4 is 10.9 Å². The van der Waals surface area contributed by atoms with Crippen LogP contribution in [-0.2, 0) is 31.2 Å². The highest BCUT2D eigenvalue weighted by Crippen LogP contribution is 2.33. The van der Waals surface area contributed by atoms with Gasteiger partial charge in [-0.2, -0.15) is 0 Å². The number of amides is 1. The molecule has 1 N–H and O–H groups in total. The van der Waals surface area contributed by atoms with Crippen molar-refractivity contribution < 1.29 is 4.79 Å². The molecule has 33 heavy (non-hydrogen) atoms. The van der Waals surface area contributed by atoms with Gasteiger partial charge in [-0.15, -0.1) is 11.3 Å². The number of hydrogen-bond donors (Lipinski definition) is 1. The molecule has 3 heterocycles. The van der Waals surface area contributed by atoms with Crippen molar-refractivity contribution >= 4 is 39.1 Å². The summed E-state index contributed by atoms with van der Waals surface area (Å²) in [5.41, 5.74) is 1.99. The molecule has 7 nitrogen and oxygen atoms in total. The molecule has 1 aliphatic carbocycles. The van der Waals surface area contributed by atoms with Crippen LogP contribution in [0.2, 0.25) is 5.02 Å². The van der Waals surface area contributed by atoms with Crippen LogP contribution in [0.15, 0.2) is 47.8 Å². The van der Waals surface area contributed by atoms with E-state index in [1.165, 1.54) is 11.3 Å². The number of nitrogens with zero attached hydrogens (tertiary/aromatic N) is 4. The van der Waals surface area contributed by atoms with Crippen molar-refractivity contribution in [2.75, 3.05) is 0 Å². The van der Waals surface area contributed by atoms with Gasteiger partial charge >= 0.3 is 0 Å². The molecular weight excluding hydrogens is 458 g/mol. The summed E-state index contributed by atoms with van der Waals surface area (Å²) in [4.78, 5) is 37.1. The molecular formula is C24H24ClN5O2S. The molecule has 4 aromatic rings. The maximum Gasteiger partial charge on any atom is 0.262 e. The van der Waals surface area contributed by atoms with Crippen LogP contribution in [0.1, 0.15) is 47.1 Å². The normalized spacial score (nSPS) is 14.2. The van der Waals surface area contributed by atoms with Crippen molar-refractivity contribution in [2.45, 2.75) is 44.7 Å². The largest absolute Gasteiger partial charge is 0.342 e. The van der Waals surface area contributed by atoms with Gasteiger partial charge in [0.15, 0.2) is 0 Å². The average Bonchev–Trinajstić information content (AvgIpc) is 3.41. The number of rotatable bonds is 6. The monoisotopic (exact) mass is 481 g/mol. The minimum Gasteiger partial charge on any atom is -0.342 e. The van der Waals surface area contributed by atoms with Gasteiger partial charge in [0.05, 0.1) is 11.7 Å². The Kier molecular flexibility index (Phi) is 6.03. The molecule has 1 atom stereocenters. The minimum absolute atomic E-state index is 0.0504. The van der Waals surface area contributed by atoms with Crippen LogP contribution in [-0.4, -0.2) is 25.0 Å². The summed E-state index contributed by atoms with van der Waals surface area (Å²) in [5, 5.41) is 4.44. The molecule has 0 saturated carbocycles. The number of aryl methyl sites for hydroxylation is 4. The van der Waals surface area contributed by atoms with Gasteiger partial charge in [-0.25, -0.2) is 9.97 Å². The number of hydrogen-bond acceptors (Lipinski definition) is 5. The van der Waals surface area contributed by atoms with Gasteiger partial charge in [0, 0.05) is 42.3 Å². The number of benzene rings is 1. The molecule has 1 unspecified atom stereocenters. The smallest absolute Gasteiger partial charge is 0.262 e. The quantitative estimate of drug-likeness (QED) is 0.451. The Balaban J connectivity index is 1.35. The summed E-state index contributed by atoms with van der Waals surface area (Å²) in [6.45, 7) is 0.270. The van der Waals surface area contributed by atoms with Gasteiger partial charge in [-0.05, 0) is 48.9 Å². The van der Waals surface area contributed by atoms with Crippen molar-refractivity contribution in [3.05, 3.63) is 80.2 Å². The van der Waals surface area contributed by atoms with Crippen molar-refractivity contribution in [1.29, 1.82) is 0 Å². The van der Waals surface area contributed by atoms with E-state index in [1.54, 1.807) is 40.6 Å². The van der Waals surface area contributed by atoms with Crippen LogP contribution in [0, 0.1) is 0 Å². The molecule has 0 saturated heterocycles. The fraction of sp³-hybridized carbons (Fsp3) is 0.333. The topological polar surface area (TPSA) is 81.8 Å². The van der Waals surface area contributed by atoms with Crippen molar-refractivity contribution in [1.82, 2.24) is 24.4 Å². The van der Waals surface area contributed by atoms with Crippen LogP contribution in [0.5, 0.6) is 0 Å². The first-order valence-corrected chi connectivity index (χ1v) is 12.2. The molecule has 0 aliphatic heterocycles. The van der Waals surface area contributed by atoms with Crippen molar-refractivity contribution in [3.63, 3.8) is 0 Å². The van der Waals surface area contributed by atoms with E-state index < -0.39 is 6.04 Å². The van der Waals surface area contributed by atoms with Crippen LogP contribution >= 0.6 is 22.9 Å². The van der Waals surface area contributed by atoms with Crippen LogP contribution in [0.3, 0.4) is 0 Å². The number of carbonyl (C=O) groups excluding carboxylic acids is 1. The molecule has 0 bridgehead atoms. The Bertz CT molecular complexity index is 1370. The second kappa shape index (κ2) is 9.11. The predicted molar refractivity (Wildman–Crippen MR) is 130 cm³/mol. The van der Waals surface area contributed by atoms with Crippen molar-refractivity contribution in [2.24, 2.45) is 7.05 Å². The first-order valence-electron chi connectivity index (χ1n) is 11.0. The average molecular weight is 482 g/mol. The van der Waals surface area contributed by atoms with Crippen LogP contribution in [0.4, 0.5) is 0 Å². The van der Waals surface area contributed by atoms with E-state index >= 15 is 0 Å². The molecule has 0 spiro atoms. The summed E-state index contributed by atoms with van der Waals surface area (Å²) in [7, 11) is 1.89. The molecule has 0 fully saturated rings. The standard InChI is InChI=1S/C24H24ClN5O2S/c1-29-13-11-26-22(29)21(15-6-8-16(25)9-7-15)28-19(31)10-12-30-14-27-23-20(24(30)32)17-4-2-3-5-18(17)33-23/h6-9,11,13-14,21H,2-5,10,12H2,1H3,(H,28,31). The number of carbonyl (C=O) groups is 1. The fourth-order valence-electron chi connectivity index (χ4n) is 4.40. The summed E-state index contributed by atoms with van der Waals surface area (Å²) in [5.74, 6) is 0.549. The lowest BCUT2D eigenvalue weighted by molar-refractivity contribution is -0.121. The Morgan fingerprint density at radius 3 is 2.76 bits per heavy atom. The van der Waals surface area contributed by atoms with E-state index in [-0.39, 0.29) is 24.4 Å². The lowest BCUT2D eigenvalue weighted by atomic mass is 9.97. The third kappa shape index (κ3) is 4.32. The predicted octanol–water partition coefficient (Wildman–Crippen LogP) is 4.02. The summed E-state index contributed by atoms with van der Waals surface area (Å²) >= 11 is 7.67. The Labute approximate surface area is 200 Å². The lowest BCUT2D eigenvalue weighted by Gasteiger charge is -2.19. The Morgan fingerprint density at radius 1 is 1.21 bits per heavy atom. The molecule has 1 aromatic carbocycles. The summed E-state index contributed by atoms with van der Waals surface area (Å²) in [6, 6.07) is 6.92. The number of aromatic nitrogens is 4. The van der Waals surface area contributed by atoms with E-state index in [1.807, 2.05) is 29.9 Å². The molecule has 1 aliphatic rings. The third-order valence-electron chi connectivity index (χ3n) is 6.15. The number of halogens is 1. The maximum atomic E-state index is 13.2. The number of fused-ring (bicyclic) bond motifs is 3. The number of imidazole rings is 1. The van der Waals surface area contributed by atoms with Gasteiger partial charge in [-0.1, -0.05) is 23.7 Å². The summed E-state index contributed by atoms with van der Waals surface area (Å²) < 4.78 is 3.43. The third-order valence-corrected chi connectivity index (χ3v) is 7.60. The SMILES string of the molecule is Cn1ccnc1C(NC(=O)CCn1cnc2sc3c(c2c1=O)CCCC3)c1ccc(Cl)cc1. The maximum absolute atomic E-state index is 13.2. The van der Waals surface area contributed by atoms with Gasteiger partial charge in [-0.3, -0.25) is 14.2 Å². The first-order chi connectivity index (χ1) is 16.0. The van der Waals surface area contributed by atoms with Gasteiger partial charge in [0.25, 0.3) is 5.56 Å². The van der Waals surface area contributed by atoms with Gasteiger partial charge in [0.1, 0.15) is 16.7 Å². The molecule has 170 valence electrons. The zero-order chi connectivity index (χ0) is 22.9. The van der Waals surface area contributed by atoms with E-state index in [2.05, 4.69) is 15.3 Å². The second-order valence-corrected chi connectivity index (χ2v) is 9.85. The van der Waals surface area contributed by atoms with Crippen LogP contribution in [0.25, 0.3) is 10.2 Å². The summed E-state index contributed by atoms with van der Waals surface area (Å²) in [6.07, 6.45) is 9.50. The van der Waals surface area contributed by atoms with E-state index in [0.717, 1.165) is 46.4 Å². The highest BCUT2D eigenvalue weighted by Gasteiger charge is 2.22.